The van der Waals surface area contributed by atoms with Gasteiger partial charge in [-0.3, -0.25) is 18.9 Å². The predicted octanol–water partition coefficient (Wildman–Crippen LogP) is 1.24. The minimum atomic E-state index is -0.612. The van der Waals surface area contributed by atoms with Crippen LogP contribution in [0.2, 0.25) is 0 Å². The van der Waals surface area contributed by atoms with Gasteiger partial charge in [-0.05, 0) is 12.1 Å². The number of fused-ring (bicyclic) bond motifs is 2. The molecule has 1 aromatic carbocycles. The Morgan fingerprint density at radius 3 is 2.79 bits per heavy atom. The molecule has 1 amide bonds. The lowest BCUT2D eigenvalue weighted by Crippen LogP contribution is -2.53. The van der Waals surface area contributed by atoms with E-state index in [9.17, 15) is 9.59 Å². The molecule has 9 heteroatoms. The molecule has 2 aliphatic heterocycles. The lowest BCUT2D eigenvalue weighted by Gasteiger charge is -2.37. The minimum Gasteiger partial charge on any atom is -0.485 e. The van der Waals surface area contributed by atoms with E-state index in [1.807, 2.05) is 34.5 Å². The summed E-state index contributed by atoms with van der Waals surface area (Å²) in [5.74, 6) is 1.24. The number of hydrogen-bond donors (Lipinski definition) is 0. The van der Waals surface area contributed by atoms with Crippen molar-refractivity contribution in [3.05, 3.63) is 58.0 Å². The van der Waals surface area contributed by atoms with Gasteiger partial charge in [-0.25, -0.2) is 4.98 Å². The Kier molecular flexibility index (Phi) is 4.69. The summed E-state index contributed by atoms with van der Waals surface area (Å²) in [6.45, 7) is 3.50. The predicted molar refractivity (Wildman–Crippen MR) is 108 cm³/mol. The normalized spacial score (nSPS) is 19.4. The van der Waals surface area contributed by atoms with Crippen LogP contribution in [0, 0.1) is 0 Å². The number of para-hydroxylation sites is 2. The van der Waals surface area contributed by atoms with Gasteiger partial charge in [0.15, 0.2) is 16.5 Å². The highest BCUT2D eigenvalue weighted by molar-refractivity contribution is 7.15. The first-order valence-electron chi connectivity index (χ1n) is 9.53. The first-order valence-corrected chi connectivity index (χ1v) is 10.4. The fraction of sp³-hybridized carbons (Fsp3) is 0.350. The van der Waals surface area contributed by atoms with Gasteiger partial charge in [0.2, 0.25) is 6.10 Å². The highest BCUT2D eigenvalue weighted by Gasteiger charge is 2.32. The fourth-order valence-electron chi connectivity index (χ4n) is 3.67. The van der Waals surface area contributed by atoms with Crippen molar-refractivity contribution >= 4 is 22.2 Å². The number of carbonyl (C=O) groups excluding carboxylic acids is 1. The van der Waals surface area contributed by atoms with Crippen LogP contribution in [0.25, 0.3) is 4.96 Å². The van der Waals surface area contributed by atoms with Crippen LogP contribution >= 0.6 is 11.3 Å². The average molecular weight is 412 g/mol. The first kappa shape index (κ1) is 18.1. The maximum atomic E-state index is 12.8. The molecular formula is C20H20N4O4S. The monoisotopic (exact) mass is 412 g/mol. The van der Waals surface area contributed by atoms with Crippen molar-refractivity contribution in [2.24, 2.45) is 0 Å². The van der Waals surface area contributed by atoms with Crippen LogP contribution in [0.4, 0.5) is 0 Å². The molecule has 150 valence electrons. The second kappa shape index (κ2) is 7.49. The van der Waals surface area contributed by atoms with Crippen LogP contribution in [0.1, 0.15) is 5.69 Å². The van der Waals surface area contributed by atoms with Gasteiger partial charge in [0.25, 0.3) is 11.5 Å². The van der Waals surface area contributed by atoms with E-state index in [1.165, 1.54) is 11.3 Å². The van der Waals surface area contributed by atoms with Gasteiger partial charge in [-0.1, -0.05) is 12.1 Å². The fourth-order valence-corrected chi connectivity index (χ4v) is 4.41. The number of benzene rings is 1. The molecule has 5 rings (SSSR count). The third-order valence-electron chi connectivity index (χ3n) is 5.21. The van der Waals surface area contributed by atoms with Crippen LogP contribution in [0.15, 0.2) is 46.7 Å². The molecule has 0 radical (unpaired) electrons. The van der Waals surface area contributed by atoms with Gasteiger partial charge in [0.1, 0.15) is 6.61 Å². The molecule has 29 heavy (non-hydrogen) atoms. The van der Waals surface area contributed by atoms with Crippen molar-refractivity contribution in [3.8, 4) is 11.5 Å². The zero-order chi connectivity index (χ0) is 19.8. The van der Waals surface area contributed by atoms with Gasteiger partial charge < -0.3 is 14.4 Å². The Morgan fingerprint density at radius 2 is 1.97 bits per heavy atom. The van der Waals surface area contributed by atoms with Crippen molar-refractivity contribution in [3.63, 3.8) is 0 Å². The molecule has 1 fully saturated rings. The highest BCUT2D eigenvalue weighted by Crippen LogP contribution is 2.31. The third-order valence-corrected chi connectivity index (χ3v) is 5.97. The van der Waals surface area contributed by atoms with Crippen LogP contribution < -0.4 is 15.0 Å². The molecule has 0 unspecified atom stereocenters. The SMILES string of the molecule is O=C([C@@H]1COc2ccccc2O1)N1CCN(Cc2cc(=O)n3ccsc3n2)CC1. The molecule has 1 saturated heterocycles. The van der Waals surface area contributed by atoms with Crippen LogP contribution in [0.5, 0.6) is 11.5 Å². The molecule has 0 aliphatic carbocycles. The van der Waals surface area contributed by atoms with Crippen LogP contribution in [-0.2, 0) is 11.3 Å². The second-order valence-corrected chi connectivity index (χ2v) is 7.98. The zero-order valence-electron chi connectivity index (χ0n) is 15.7. The Hall–Kier alpha value is -2.91. The summed E-state index contributed by atoms with van der Waals surface area (Å²) >= 11 is 1.45. The standard InChI is InChI=1S/C20H20N4O4S/c25-18-11-14(21-20-24(18)9-10-29-20)12-22-5-7-23(8-6-22)19(26)17-13-27-15-3-1-2-4-16(15)28-17/h1-4,9-11,17H,5-8,12-13H2/t17-/m0/s1. The Morgan fingerprint density at radius 1 is 1.17 bits per heavy atom. The first-order chi connectivity index (χ1) is 14.2. The third kappa shape index (κ3) is 3.58. The lowest BCUT2D eigenvalue weighted by molar-refractivity contribution is -0.143. The van der Waals surface area contributed by atoms with Crippen molar-refractivity contribution in [2.75, 3.05) is 32.8 Å². The smallest absolute Gasteiger partial charge is 0.267 e. The quantitative estimate of drug-likeness (QED) is 0.644. The second-order valence-electron chi connectivity index (χ2n) is 7.11. The summed E-state index contributed by atoms with van der Waals surface area (Å²) in [5.41, 5.74) is 0.702. The van der Waals surface area contributed by atoms with Crippen LogP contribution in [-0.4, -0.2) is 64.0 Å². The summed E-state index contributed by atoms with van der Waals surface area (Å²) in [7, 11) is 0. The largest absolute Gasteiger partial charge is 0.485 e. The number of hydrogen-bond acceptors (Lipinski definition) is 7. The number of carbonyl (C=O) groups is 1. The van der Waals surface area contributed by atoms with E-state index in [4.69, 9.17) is 9.47 Å². The van der Waals surface area contributed by atoms with E-state index in [0.29, 0.717) is 36.1 Å². The maximum Gasteiger partial charge on any atom is 0.267 e. The van der Waals surface area contributed by atoms with Crippen molar-refractivity contribution in [1.29, 1.82) is 0 Å². The van der Waals surface area contributed by atoms with Gasteiger partial charge in [0, 0.05) is 50.4 Å². The van der Waals surface area contributed by atoms with Crippen LogP contribution in [0.3, 0.4) is 0 Å². The minimum absolute atomic E-state index is 0.0458. The molecule has 0 bridgehead atoms. The van der Waals surface area contributed by atoms with Gasteiger partial charge in [-0.15, -0.1) is 11.3 Å². The number of ether oxygens (including phenoxy) is 2. The number of aromatic nitrogens is 2. The van der Waals surface area contributed by atoms with Gasteiger partial charge >= 0.3 is 0 Å². The van der Waals surface area contributed by atoms with E-state index in [0.717, 1.165) is 18.8 Å². The zero-order valence-corrected chi connectivity index (χ0v) is 16.5. The summed E-state index contributed by atoms with van der Waals surface area (Å²) in [4.78, 5) is 34.3. The van der Waals surface area contributed by atoms with E-state index < -0.39 is 6.10 Å². The molecule has 3 aromatic rings. The van der Waals surface area contributed by atoms with Gasteiger partial charge in [0.05, 0.1) is 5.69 Å². The number of thiazole rings is 1. The maximum absolute atomic E-state index is 12.8. The molecule has 2 aromatic heterocycles. The van der Waals surface area contributed by atoms with E-state index in [2.05, 4.69) is 9.88 Å². The number of nitrogens with zero attached hydrogens (tertiary/aromatic N) is 4. The topological polar surface area (TPSA) is 76.4 Å². The number of piperazine rings is 1. The van der Waals surface area contributed by atoms with E-state index >= 15 is 0 Å². The Labute approximate surface area is 170 Å². The molecule has 0 N–H and O–H groups in total. The molecule has 4 heterocycles. The van der Waals surface area contributed by atoms with Crippen molar-refractivity contribution in [1.82, 2.24) is 19.2 Å². The molecular weight excluding hydrogens is 392 g/mol. The molecule has 0 spiro atoms. The molecule has 8 nitrogen and oxygen atoms in total. The van der Waals surface area contributed by atoms with Gasteiger partial charge in [-0.2, -0.15) is 0 Å². The Bertz CT molecular complexity index is 1100. The summed E-state index contributed by atoms with van der Waals surface area (Å²) in [6, 6.07) is 8.97. The van der Waals surface area contributed by atoms with E-state index in [-0.39, 0.29) is 18.1 Å². The molecule has 1 atom stereocenters. The lowest BCUT2D eigenvalue weighted by atomic mass is 10.2. The van der Waals surface area contributed by atoms with Crippen molar-refractivity contribution < 1.29 is 14.3 Å². The van der Waals surface area contributed by atoms with Crippen molar-refractivity contribution in [2.45, 2.75) is 12.6 Å². The summed E-state index contributed by atoms with van der Waals surface area (Å²) in [5, 5.41) is 1.85. The average Bonchev–Trinajstić information content (AvgIpc) is 3.23. The number of amides is 1. The highest BCUT2D eigenvalue weighted by atomic mass is 32.1. The Balaban J connectivity index is 1.19. The number of rotatable bonds is 3. The summed E-state index contributed by atoms with van der Waals surface area (Å²) in [6.07, 6.45) is 1.12. The molecule has 0 saturated carbocycles. The van der Waals surface area contributed by atoms with E-state index in [1.54, 1.807) is 16.7 Å². The summed E-state index contributed by atoms with van der Waals surface area (Å²) < 4.78 is 13.1. The molecule has 2 aliphatic rings.